The van der Waals surface area contributed by atoms with Gasteiger partial charge in [-0.2, -0.15) is 0 Å². The molecule has 0 saturated heterocycles. The first kappa shape index (κ1) is 14.0. The number of hydrogen-bond donors (Lipinski definition) is 1. The maximum Gasteiger partial charge on any atom is 0.309 e. The predicted octanol–water partition coefficient (Wildman–Crippen LogP) is 2.70. The Kier molecular flexibility index (Phi) is 5.33. The van der Waals surface area contributed by atoms with Crippen LogP contribution in [-0.4, -0.2) is 18.6 Å². The smallest absolute Gasteiger partial charge is 0.309 e. The van der Waals surface area contributed by atoms with Crippen LogP contribution in [0.4, 0.5) is 4.39 Å². The molecule has 1 radical (unpaired) electrons. The monoisotopic (exact) mass is 264 g/mol. The van der Waals surface area contributed by atoms with Gasteiger partial charge < -0.3 is 10.1 Å². The van der Waals surface area contributed by atoms with Crippen molar-refractivity contribution >= 4 is 6.41 Å². The van der Waals surface area contributed by atoms with Crippen molar-refractivity contribution < 1.29 is 13.9 Å². The quantitative estimate of drug-likeness (QED) is 0.656. The molecule has 1 aromatic rings. The standard InChI is InChI=1S/C15H19FNO2/c16-13-7-5-12(6-8-13)10-19-15-4-2-1-3-14(9-15)17-11-18/h5-8,14-15H,1-4,9-10H2,(H,17,18). The molecule has 2 unspecified atom stereocenters. The third kappa shape index (κ3) is 4.63. The van der Waals surface area contributed by atoms with Crippen LogP contribution in [0.2, 0.25) is 0 Å². The first-order valence-corrected chi connectivity index (χ1v) is 6.76. The Morgan fingerprint density at radius 2 is 2.00 bits per heavy atom. The Hall–Kier alpha value is -1.42. The van der Waals surface area contributed by atoms with Crippen molar-refractivity contribution in [2.75, 3.05) is 0 Å². The molecule has 1 aliphatic carbocycles. The largest absolute Gasteiger partial charge is 0.373 e. The van der Waals surface area contributed by atoms with E-state index in [1.165, 1.54) is 12.1 Å². The van der Waals surface area contributed by atoms with Crippen LogP contribution in [0.15, 0.2) is 24.3 Å². The van der Waals surface area contributed by atoms with Gasteiger partial charge in [-0.1, -0.05) is 25.0 Å². The Labute approximate surface area is 113 Å². The van der Waals surface area contributed by atoms with Crippen molar-refractivity contribution in [1.29, 1.82) is 0 Å². The topological polar surface area (TPSA) is 38.3 Å². The predicted molar refractivity (Wildman–Crippen MR) is 70.7 cm³/mol. The molecule has 0 heterocycles. The fourth-order valence-corrected chi connectivity index (χ4v) is 2.48. The molecule has 1 saturated carbocycles. The highest BCUT2D eigenvalue weighted by Gasteiger charge is 2.20. The van der Waals surface area contributed by atoms with E-state index in [1.54, 1.807) is 18.5 Å². The Morgan fingerprint density at radius 3 is 2.74 bits per heavy atom. The number of hydrogen-bond acceptors (Lipinski definition) is 2. The molecule has 2 rings (SSSR count). The van der Waals surface area contributed by atoms with Gasteiger partial charge >= 0.3 is 6.41 Å². The minimum atomic E-state index is -0.232. The van der Waals surface area contributed by atoms with Crippen LogP contribution in [0, 0.1) is 5.82 Å². The molecular weight excluding hydrogens is 245 g/mol. The van der Waals surface area contributed by atoms with E-state index in [0.29, 0.717) is 6.61 Å². The van der Waals surface area contributed by atoms with Gasteiger partial charge in [-0.25, -0.2) is 4.39 Å². The van der Waals surface area contributed by atoms with Gasteiger partial charge in [0.1, 0.15) is 5.82 Å². The number of ether oxygens (including phenoxy) is 1. The van der Waals surface area contributed by atoms with Crippen molar-refractivity contribution in [3.63, 3.8) is 0 Å². The maximum atomic E-state index is 12.8. The average molecular weight is 264 g/mol. The van der Waals surface area contributed by atoms with E-state index in [2.05, 4.69) is 5.32 Å². The number of rotatable bonds is 5. The van der Waals surface area contributed by atoms with Crippen molar-refractivity contribution in [3.05, 3.63) is 35.6 Å². The molecule has 4 heteroatoms. The number of carbonyl (C=O) groups excluding carboxylic acids is 1. The highest BCUT2D eigenvalue weighted by atomic mass is 19.1. The third-order valence-electron chi connectivity index (χ3n) is 3.54. The molecule has 1 fully saturated rings. The van der Waals surface area contributed by atoms with Crippen molar-refractivity contribution in [3.8, 4) is 0 Å². The summed E-state index contributed by atoms with van der Waals surface area (Å²) < 4.78 is 18.7. The third-order valence-corrected chi connectivity index (χ3v) is 3.54. The van der Waals surface area contributed by atoms with E-state index >= 15 is 0 Å². The van der Waals surface area contributed by atoms with Crippen LogP contribution in [-0.2, 0) is 16.1 Å². The molecule has 2 atom stereocenters. The fraction of sp³-hybridized carbons (Fsp3) is 0.533. The molecule has 0 bridgehead atoms. The number of amides is 1. The molecule has 0 spiro atoms. The van der Waals surface area contributed by atoms with Gasteiger partial charge in [-0.15, -0.1) is 0 Å². The lowest BCUT2D eigenvalue weighted by atomic mass is 10.1. The van der Waals surface area contributed by atoms with Crippen LogP contribution in [0.5, 0.6) is 0 Å². The second-order valence-electron chi connectivity index (χ2n) is 5.02. The van der Waals surface area contributed by atoms with Crippen molar-refractivity contribution in [1.82, 2.24) is 5.32 Å². The molecule has 19 heavy (non-hydrogen) atoms. The van der Waals surface area contributed by atoms with E-state index in [4.69, 9.17) is 4.74 Å². The molecule has 103 valence electrons. The number of nitrogens with one attached hydrogen (secondary N) is 1. The Bertz CT molecular complexity index is 394. The van der Waals surface area contributed by atoms with Gasteiger partial charge in [0.2, 0.25) is 0 Å². The zero-order valence-electron chi connectivity index (χ0n) is 10.9. The molecule has 1 amide bonds. The van der Waals surface area contributed by atoms with Crippen molar-refractivity contribution in [2.45, 2.75) is 50.9 Å². The molecular formula is C15H19FNO2. The number of halogens is 1. The van der Waals surface area contributed by atoms with Gasteiger partial charge in [0, 0.05) is 6.04 Å². The minimum Gasteiger partial charge on any atom is -0.373 e. The van der Waals surface area contributed by atoms with Crippen molar-refractivity contribution in [2.24, 2.45) is 0 Å². The summed E-state index contributed by atoms with van der Waals surface area (Å²) in [5.74, 6) is -0.232. The van der Waals surface area contributed by atoms with Crippen LogP contribution in [0.1, 0.15) is 37.7 Å². The highest BCUT2D eigenvalue weighted by Crippen LogP contribution is 2.21. The lowest BCUT2D eigenvalue weighted by molar-refractivity contribution is 0.0274. The minimum absolute atomic E-state index is 0.151. The zero-order valence-corrected chi connectivity index (χ0v) is 10.9. The normalized spacial score (nSPS) is 23.6. The SMILES string of the molecule is O=[C]NC1CCCCC(OCc2ccc(F)cc2)C1. The van der Waals surface area contributed by atoms with Crippen LogP contribution >= 0.6 is 0 Å². The Morgan fingerprint density at radius 1 is 1.26 bits per heavy atom. The Balaban J connectivity index is 1.83. The summed E-state index contributed by atoms with van der Waals surface area (Å²) in [5, 5.41) is 2.72. The lowest BCUT2D eigenvalue weighted by Gasteiger charge is -2.19. The molecule has 1 aliphatic rings. The summed E-state index contributed by atoms with van der Waals surface area (Å²) in [5.41, 5.74) is 0.970. The van der Waals surface area contributed by atoms with Gasteiger partial charge in [0.25, 0.3) is 0 Å². The highest BCUT2D eigenvalue weighted by molar-refractivity contribution is 5.47. The van der Waals surface area contributed by atoms with Gasteiger partial charge in [0.05, 0.1) is 12.7 Å². The summed E-state index contributed by atoms with van der Waals surface area (Å²) in [6.07, 6.45) is 6.98. The average Bonchev–Trinajstić information content (AvgIpc) is 2.64. The van der Waals surface area contributed by atoms with Gasteiger partial charge in [-0.05, 0) is 37.0 Å². The maximum absolute atomic E-state index is 12.8. The summed E-state index contributed by atoms with van der Waals surface area (Å²) in [4.78, 5) is 10.4. The second-order valence-corrected chi connectivity index (χ2v) is 5.02. The first-order valence-electron chi connectivity index (χ1n) is 6.76. The summed E-state index contributed by atoms with van der Waals surface area (Å²) >= 11 is 0. The van der Waals surface area contributed by atoms with Gasteiger partial charge in [-0.3, -0.25) is 4.79 Å². The van der Waals surface area contributed by atoms with E-state index in [9.17, 15) is 9.18 Å². The van der Waals surface area contributed by atoms with E-state index in [-0.39, 0.29) is 18.0 Å². The van der Waals surface area contributed by atoms with E-state index in [0.717, 1.165) is 37.7 Å². The molecule has 1 aromatic carbocycles. The summed E-state index contributed by atoms with van der Waals surface area (Å²) in [7, 11) is 0. The van der Waals surface area contributed by atoms with E-state index in [1.807, 2.05) is 0 Å². The summed E-state index contributed by atoms with van der Waals surface area (Å²) in [6, 6.07) is 6.52. The second kappa shape index (κ2) is 7.24. The number of benzene rings is 1. The molecule has 0 aromatic heterocycles. The van der Waals surface area contributed by atoms with Crippen LogP contribution in [0.3, 0.4) is 0 Å². The van der Waals surface area contributed by atoms with Gasteiger partial charge in [0.15, 0.2) is 0 Å². The lowest BCUT2D eigenvalue weighted by Crippen LogP contribution is -2.31. The molecule has 1 N–H and O–H groups in total. The molecule has 0 aliphatic heterocycles. The molecule has 3 nitrogen and oxygen atoms in total. The zero-order chi connectivity index (χ0) is 13.5. The summed E-state index contributed by atoms with van der Waals surface area (Å²) in [6.45, 7) is 0.489. The van der Waals surface area contributed by atoms with Crippen LogP contribution < -0.4 is 5.32 Å². The first-order chi connectivity index (χ1) is 9.28. The fourth-order valence-electron chi connectivity index (χ4n) is 2.48. The van der Waals surface area contributed by atoms with Crippen LogP contribution in [0.25, 0.3) is 0 Å². The van der Waals surface area contributed by atoms with E-state index < -0.39 is 0 Å².